The van der Waals surface area contributed by atoms with E-state index in [4.69, 9.17) is 0 Å². The number of hydrogen-bond donors (Lipinski definition) is 1. The van der Waals surface area contributed by atoms with E-state index in [9.17, 15) is 9.50 Å². The summed E-state index contributed by atoms with van der Waals surface area (Å²) in [5.74, 6) is -0.246. The third kappa shape index (κ3) is 4.59. The summed E-state index contributed by atoms with van der Waals surface area (Å²) < 4.78 is 15.0. The van der Waals surface area contributed by atoms with E-state index >= 15 is 0 Å². The summed E-state index contributed by atoms with van der Waals surface area (Å²) in [5, 5.41) is 15.3. The van der Waals surface area contributed by atoms with Crippen LogP contribution in [-0.2, 0) is 13.1 Å². The topological polar surface area (TPSA) is 54.2 Å². The number of aromatic nitrogens is 3. The van der Waals surface area contributed by atoms with Crippen LogP contribution >= 0.6 is 0 Å². The highest BCUT2D eigenvalue weighted by Gasteiger charge is 2.41. The van der Waals surface area contributed by atoms with Gasteiger partial charge in [-0.2, -0.15) is 5.10 Å². The Labute approximate surface area is 136 Å². The van der Waals surface area contributed by atoms with Crippen molar-refractivity contribution in [2.75, 3.05) is 13.6 Å². The molecule has 5 nitrogen and oxygen atoms in total. The number of likely N-dealkylation sites (N-methyl/N-ethyl adjacent to an activating group) is 1. The monoisotopic (exact) mass is 320 g/mol. The maximum absolute atomic E-state index is 13.3. The zero-order valence-corrected chi connectivity index (χ0v) is 14.2. The minimum absolute atomic E-state index is 0.246. The van der Waals surface area contributed by atoms with E-state index in [1.165, 1.54) is 18.5 Å². The fraction of sp³-hybridized carbons (Fsp3) is 0.529. The second-order valence-electron chi connectivity index (χ2n) is 7.18. The molecule has 0 radical (unpaired) electrons. The minimum atomic E-state index is -0.997. The van der Waals surface area contributed by atoms with Crippen molar-refractivity contribution < 1.29 is 9.50 Å². The number of halogens is 1. The molecule has 2 aromatic rings. The molecule has 6 heteroatoms. The Bertz CT molecular complexity index is 624. The zero-order valence-electron chi connectivity index (χ0n) is 14.2. The van der Waals surface area contributed by atoms with Gasteiger partial charge in [0.15, 0.2) is 0 Å². The van der Waals surface area contributed by atoms with Crippen molar-refractivity contribution in [2.24, 2.45) is 5.41 Å². The largest absolute Gasteiger partial charge is 0.386 e. The van der Waals surface area contributed by atoms with Gasteiger partial charge in [-0.25, -0.2) is 9.37 Å². The second-order valence-corrected chi connectivity index (χ2v) is 7.18. The Kier molecular flexibility index (Phi) is 5.16. The molecule has 1 unspecified atom stereocenters. The second kappa shape index (κ2) is 6.76. The average molecular weight is 320 g/mol. The smallest absolute Gasteiger partial charge is 0.137 e. The molecule has 1 N–H and O–H groups in total. The minimum Gasteiger partial charge on any atom is -0.386 e. The third-order valence-corrected chi connectivity index (χ3v) is 4.16. The van der Waals surface area contributed by atoms with Crippen LogP contribution in [0.25, 0.3) is 0 Å². The van der Waals surface area contributed by atoms with Gasteiger partial charge in [-0.3, -0.25) is 9.58 Å². The quantitative estimate of drug-likeness (QED) is 0.887. The molecule has 2 rings (SSSR count). The van der Waals surface area contributed by atoms with Crippen LogP contribution in [0.1, 0.15) is 26.3 Å². The maximum Gasteiger partial charge on any atom is 0.137 e. The lowest BCUT2D eigenvalue weighted by molar-refractivity contribution is -0.0918. The highest BCUT2D eigenvalue weighted by molar-refractivity contribution is 5.16. The third-order valence-electron chi connectivity index (χ3n) is 4.16. The lowest BCUT2D eigenvalue weighted by Gasteiger charge is -2.42. The Morgan fingerprint density at radius 1 is 1.30 bits per heavy atom. The van der Waals surface area contributed by atoms with E-state index in [2.05, 4.69) is 10.1 Å². The molecule has 0 fully saturated rings. The van der Waals surface area contributed by atoms with Crippen molar-refractivity contribution in [1.29, 1.82) is 0 Å². The van der Waals surface area contributed by atoms with Crippen LogP contribution < -0.4 is 0 Å². The molecule has 126 valence electrons. The SMILES string of the molecule is CN(Cc1cccc(F)c1)CC(O)(Cn1cncn1)C(C)(C)C. The number of rotatable bonds is 6. The maximum atomic E-state index is 13.3. The molecular weight excluding hydrogens is 295 g/mol. The molecule has 0 aliphatic heterocycles. The van der Waals surface area contributed by atoms with Crippen LogP contribution in [0.2, 0.25) is 0 Å². The number of benzene rings is 1. The Balaban J connectivity index is 2.11. The summed E-state index contributed by atoms with van der Waals surface area (Å²) in [6.07, 6.45) is 3.06. The van der Waals surface area contributed by atoms with E-state index in [0.29, 0.717) is 19.6 Å². The summed E-state index contributed by atoms with van der Waals surface area (Å²) in [7, 11) is 1.92. The van der Waals surface area contributed by atoms with Gasteiger partial charge in [0, 0.05) is 13.1 Å². The first-order chi connectivity index (χ1) is 10.7. The average Bonchev–Trinajstić information content (AvgIpc) is 2.89. The van der Waals surface area contributed by atoms with Gasteiger partial charge in [0.05, 0.1) is 6.54 Å². The van der Waals surface area contributed by atoms with Crippen LogP contribution in [0, 0.1) is 11.2 Å². The first kappa shape index (κ1) is 17.6. The van der Waals surface area contributed by atoms with Gasteiger partial charge in [0.2, 0.25) is 0 Å². The van der Waals surface area contributed by atoms with Gasteiger partial charge < -0.3 is 5.11 Å². The van der Waals surface area contributed by atoms with Crippen LogP contribution in [0.4, 0.5) is 4.39 Å². The van der Waals surface area contributed by atoms with E-state index < -0.39 is 5.60 Å². The van der Waals surface area contributed by atoms with Crippen LogP contribution in [-0.4, -0.2) is 44.0 Å². The molecule has 0 amide bonds. The molecule has 0 saturated heterocycles. The highest BCUT2D eigenvalue weighted by Crippen LogP contribution is 2.32. The summed E-state index contributed by atoms with van der Waals surface area (Å²) >= 11 is 0. The fourth-order valence-electron chi connectivity index (χ4n) is 2.56. The number of nitrogens with zero attached hydrogens (tertiary/aromatic N) is 4. The molecule has 23 heavy (non-hydrogen) atoms. The van der Waals surface area contributed by atoms with Gasteiger partial charge in [0.1, 0.15) is 24.1 Å². The van der Waals surface area contributed by atoms with Gasteiger partial charge in [-0.05, 0) is 30.2 Å². The molecule has 0 saturated carbocycles. The molecular formula is C17H25FN4O. The molecule has 1 aromatic carbocycles. The van der Waals surface area contributed by atoms with Crippen LogP contribution in [0.15, 0.2) is 36.9 Å². The molecule has 0 spiro atoms. The summed E-state index contributed by atoms with van der Waals surface area (Å²) in [4.78, 5) is 5.93. The lowest BCUT2D eigenvalue weighted by atomic mass is 9.76. The van der Waals surface area contributed by atoms with Crippen molar-refractivity contribution in [1.82, 2.24) is 19.7 Å². The van der Waals surface area contributed by atoms with Gasteiger partial charge in [-0.15, -0.1) is 0 Å². The van der Waals surface area contributed by atoms with Crippen LogP contribution in [0.5, 0.6) is 0 Å². The molecule has 1 atom stereocenters. The summed E-state index contributed by atoms with van der Waals surface area (Å²) in [5.41, 5.74) is -0.470. The lowest BCUT2D eigenvalue weighted by Crippen LogP contribution is -2.53. The van der Waals surface area contributed by atoms with Crippen molar-refractivity contribution in [2.45, 2.75) is 39.5 Å². The van der Waals surface area contributed by atoms with Gasteiger partial charge >= 0.3 is 0 Å². The van der Waals surface area contributed by atoms with E-state index in [0.717, 1.165) is 5.56 Å². The molecule has 0 aliphatic carbocycles. The predicted octanol–water partition coefficient (Wildman–Crippen LogP) is 2.33. The number of hydrogen-bond acceptors (Lipinski definition) is 4. The van der Waals surface area contributed by atoms with E-state index in [1.54, 1.807) is 17.1 Å². The normalized spacial score (nSPS) is 14.9. The highest BCUT2D eigenvalue weighted by atomic mass is 19.1. The summed E-state index contributed by atoms with van der Waals surface area (Å²) in [6.45, 7) is 7.35. The first-order valence-corrected chi connectivity index (χ1v) is 7.67. The zero-order chi connectivity index (χ0) is 17.1. The molecule has 1 heterocycles. The molecule has 1 aromatic heterocycles. The summed E-state index contributed by atoms with van der Waals surface area (Å²) in [6, 6.07) is 6.53. The first-order valence-electron chi connectivity index (χ1n) is 7.67. The fourth-order valence-corrected chi connectivity index (χ4v) is 2.56. The van der Waals surface area contributed by atoms with Crippen molar-refractivity contribution >= 4 is 0 Å². The van der Waals surface area contributed by atoms with Crippen molar-refractivity contribution in [3.63, 3.8) is 0 Å². The van der Waals surface area contributed by atoms with Crippen molar-refractivity contribution in [3.05, 3.63) is 48.3 Å². The predicted molar refractivity (Wildman–Crippen MR) is 87.2 cm³/mol. The molecule has 0 aliphatic rings. The molecule has 0 bridgehead atoms. The van der Waals surface area contributed by atoms with Gasteiger partial charge in [-0.1, -0.05) is 32.9 Å². The Morgan fingerprint density at radius 3 is 2.61 bits per heavy atom. The van der Waals surface area contributed by atoms with Crippen LogP contribution in [0.3, 0.4) is 0 Å². The Hall–Kier alpha value is -1.79. The number of aliphatic hydroxyl groups is 1. The standard InChI is InChI=1S/C17H25FN4O/c1-16(2,3)17(23,11-22-13-19-12-20-22)10-21(4)9-14-6-5-7-15(18)8-14/h5-8,12-13,23H,9-11H2,1-4H3. The Morgan fingerprint density at radius 2 is 2.04 bits per heavy atom. The van der Waals surface area contributed by atoms with Crippen molar-refractivity contribution in [3.8, 4) is 0 Å². The van der Waals surface area contributed by atoms with E-state index in [-0.39, 0.29) is 11.2 Å². The van der Waals surface area contributed by atoms with E-state index in [1.807, 2.05) is 38.8 Å². The van der Waals surface area contributed by atoms with Gasteiger partial charge in [0.25, 0.3) is 0 Å².